The maximum atomic E-state index is 5.81. The first kappa shape index (κ1) is 15.0. The number of hydrogen-bond acceptors (Lipinski definition) is 5. The molecule has 21 heavy (non-hydrogen) atoms. The Balaban J connectivity index is 1.64. The van der Waals surface area contributed by atoms with E-state index in [9.17, 15) is 0 Å². The van der Waals surface area contributed by atoms with Crippen molar-refractivity contribution in [3.8, 4) is 0 Å². The molecule has 0 bridgehead atoms. The van der Waals surface area contributed by atoms with E-state index in [1.54, 1.807) is 0 Å². The molecule has 0 saturated carbocycles. The maximum Gasteiger partial charge on any atom is 0.138 e. The van der Waals surface area contributed by atoms with Gasteiger partial charge in [-0.05, 0) is 39.5 Å². The van der Waals surface area contributed by atoms with Gasteiger partial charge in [-0.3, -0.25) is 4.90 Å². The smallest absolute Gasteiger partial charge is 0.138 e. The van der Waals surface area contributed by atoms with E-state index in [0.717, 1.165) is 44.3 Å². The molecule has 0 aromatic carbocycles. The lowest BCUT2D eigenvalue weighted by Crippen LogP contribution is -2.37. The molecular formula is C16H26N2O3. The minimum atomic E-state index is 0.367. The fourth-order valence-corrected chi connectivity index (χ4v) is 3.31. The average molecular weight is 294 g/mol. The maximum absolute atomic E-state index is 5.81. The van der Waals surface area contributed by atoms with Gasteiger partial charge in [0, 0.05) is 38.4 Å². The first-order chi connectivity index (χ1) is 10.2. The summed E-state index contributed by atoms with van der Waals surface area (Å²) in [6.07, 6.45) is 5.44. The van der Waals surface area contributed by atoms with Crippen molar-refractivity contribution in [3.63, 3.8) is 0 Å². The van der Waals surface area contributed by atoms with Gasteiger partial charge in [0.2, 0.25) is 0 Å². The molecule has 5 heteroatoms. The molecule has 2 saturated heterocycles. The molecule has 0 aliphatic carbocycles. The fraction of sp³-hybridized carbons (Fsp3) is 0.812. The zero-order chi connectivity index (χ0) is 14.7. The van der Waals surface area contributed by atoms with Crippen LogP contribution in [0.3, 0.4) is 0 Å². The van der Waals surface area contributed by atoms with Gasteiger partial charge in [-0.2, -0.15) is 0 Å². The third-order valence-electron chi connectivity index (χ3n) is 4.53. The van der Waals surface area contributed by atoms with Crippen molar-refractivity contribution in [3.05, 3.63) is 17.0 Å². The Morgan fingerprint density at radius 1 is 1.05 bits per heavy atom. The van der Waals surface area contributed by atoms with Crippen LogP contribution in [0.25, 0.3) is 0 Å². The van der Waals surface area contributed by atoms with E-state index in [1.165, 1.54) is 31.2 Å². The highest BCUT2D eigenvalue weighted by Gasteiger charge is 2.25. The van der Waals surface area contributed by atoms with Gasteiger partial charge in [0.1, 0.15) is 5.76 Å². The first-order valence-electron chi connectivity index (χ1n) is 8.09. The molecule has 2 aliphatic heterocycles. The molecule has 3 rings (SSSR count). The second-order valence-corrected chi connectivity index (χ2v) is 6.27. The quantitative estimate of drug-likeness (QED) is 0.806. The van der Waals surface area contributed by atoms with Crippen molar-refractivity contribution in [1.82, 2.24) is 10.1 Å². The van der Waals surface area contributed by atoms with Gasteiger partial charge >= 0.3 is 0 Å². The molecule has 118 valence electrons. The SMILES string of the molecule is Cc1noc(C)c1CN(C[C@H]1CCCO1)C[C@H]1CCCO1. The summed E-state index contributed by atoms with van der Waals surface area (Å²) in [4.78, 5) is 2.46. The highest BCUT2D eigenvalue weighted by atomic mass is 16.5. The number of hydrogen-bond donors (Lipinski definition) is 0. The number of nitrogens with zero attached hydrogens (tertiary/aromatic N) is 2. The van der Waals surface area contributed by atoms with E-state index in [0.29, 0.717) is 12.2 Å². The monoisotopic (exact) mass is 294 g/mol. The molecule has 0 spiro atoms. The molecule has 2 fully saturated rings. The Bertz CT molecular complexity index is 411. The van der Waals surface area contributed by atoms with Crippen molar-refractivity contribution in [2.24, 2.45) is 0 Å². The van der Waals surface area contributed by atoms with E-state index in [-0.39, 0.29) is 0 Å². The molecule has 3 heterocycles. The summed E-state index contributed by atoms with van der Waals surface area (Å²) in [5, 5.41) is 4.07. The van der Waals surface area contributed by atoms with E-state index in [4.69, 9.17) is 14.0 Å². The van der Waals surface area contributed by atoms with Crippen molar-refractivity contribution in [1.29, 1.82) is 0 Å². The Hall–Kier alpha value is -0.910. The minimum absolute atomic E-state index is 0.367. The Morgan fingerprint density at radius 2 is 1.67 bits per heavy atom. The van der Waals surface area contributed by atoms with Crippen LogP contribution < -0.4 is 0 Å². The van der Waals surface area contributed by atoms with Crippen LogP contribution in [-0.4, -0.2) is 48.6 Å². The number of aromatic nitrogens is 1. The normalized spacial score (nSPS) is 26.0. The molecule has 0 unspecified atom stereocenters. The van der Waals surface area contributed by atoms with Gasteiger partial charge in [0.25, 0.3) is 0 Å². The van der Waals surface area contributed by atoms with Crippen molar-refractivity contribution >= 4 is 0 Å². The lowest BCUT2D eigenvalue weighted by Gasteiger charge is -2.27. The first-order valence-corrected chi connectivity index (χ1v) is 8.09. The van der Waals surface area contributed by atoms with E-state index in [1.807, 2.05) is 13.8 Å². The summed E-state index contributed by atoms with van der Waals surface area (Å²) in [6.45, 7) is 8.65. The molecular weight excluding hydrogens is 268 g/mol. The summed E-state index contributed by atoms with van der Waals surface area (Å²) in [7, 11) is 0. The van der Waals surface area contributed by atoms with Crippen LogP contribution in [-0.2, 0) is 16.0 Å². The van der Waals surface area contributed by atoms with Crippen LogP contribution in [0.2, 0.25) is 0 Å². The third-order valence-corrected chi connectivity index (χ3v) is 4.53. The molecule has 1 aromatic heterocycles. The summed E-state index contributed by atoms with van der Waals surface area (Å²) >= 11 is 0. The zero-order valence-corrected chi connectivity index (χ0v) is 13.1. The molecule has 0 amide bonds. The van der Waals surface area contributed by atoms with Crippen LogP contribution in [0.5, 0.6) is 0 Å². The molecule has 2 aliphatic rings. The van der Waals surface area contributed by atoms with Crippen molar-refractivity contribution in [2.45, 2.75) is 58.3 Å². The minimum Gasteiger partial charge on any atom is -0.377 e. The highest BCUT2D eigenvalue weighted by Crippen LogP contribution is 2.21. The van der Waals surface area contributed by atoms with Crippen LogP contribution in [0.15, 0.2) is 4.52 Å². The van der Waals surface area contributed by atoms with E-state index < -0.39 is 0 Å². The second-order valence-electron chi connectivity index (χ2n) is 6.27. The van der Waals surface area contributed by atoms with Gasteiger partial charge in [-0.1, -0.05) is 5.16 Å². The van der Waals surface area contributed by atoms with Gasteiger partial charge < -0.3 is 14.0 Å². The Labute approximate surface area is 126 Å². The molecule has 5 nitrogen and oxygen atoms in total. The lowest BCUT2D eigenvalue weighted by atomic mass is 10.1. The third kappa shape index (κ3) is 3.84. The Morgan fingerprint density at radius 3 is 2.10 bits per heavy atom. The molecule has 1 aromatic rings. The van der Waals surface area contributed by atoms with Gasteiger partial charge in [-0.15, -0.1) is 0 Å². The number of aryl methyl sites for hydroxylation is 2. The van der Waals surface area contributed by atoms with E-state index in [2.05, 4.69) is 10.1 Å². The van der Waals surface area contributed by atoms with Crippen molar-refractivity contribution < 1.29 is 14.0 Å². The topological polar surface area (TPSA) is 47.7 Å². The largest absolute Gasteiger partial charge is 0.377 e. The lowest BCUT2D eigenvalue weighted by molar-refractivity contribution is 0.0343. The summed E-state index contributed by atoms with van der Waals surface area (Å²) in [5.41, 5.74) is 2.21. The van der Waals surface area contributed by atoms with E-state index >= 15 is 0 Å². The van der Waals surface area contributed by atoms with Crippen LogP contribution in [0.1, 0.15) is 42.7 Å². The molecule has 0 N–H and O–H groups in total. The summed E-state index contributed by atoms with van der Waals surface area (Å²) in [6, 6.07) is 0. The van der Waals surface area contributed by atoms with Crippen molar-refractivity contribution in [2.75, 3.05) is 26.3 Å². The van der Waals surface area contributed by atoms with Crippen LogP contribution in [0, 0.1) is 13.8 Å². The summed E-state index contributed by atoms with van der Waals surface area (Å²) < 4.78 is 16.9. The van der Waals surface area contributed by atoms with Gasteiger partial charge in [0.05, 0.1) is 17.9 Å². The Kier molecular flexibility index (Phi) is 4.93. The predicted octanol–water partition coefficient (Wildman–Crippen LogP) is 2.45. The highest BCUT2D eigenvalue weighted by molar-refractivity contribution is 5.20. The fourth-order valence-electron chi connectivity index (χ4n) is 3.31. The zero-order valence-electron chi connectivity index (χ0n) is 13.1. The van der Waals surface area contributed by atoms with Gasteiger partial charge in [0.15, 0.2) is 0 Å². The summed E-state index contributed by atoms with van der Waals surface area (Å²) in [5.74, 6) is 0.928. The molecule has 2 atom stereocenters. The second kappa shape index (κ2) is 6.90. The number of rotatable bonds is 6. The predicted molar refractivity (Wildman–Crippen MR) is 79.2 cm³/mol. The number of ether oxygens (including phenoxy) is 2. The van der Waals surface area contributed by atoms with Crippen LogP contribution in [0.4, 0.5) is 0 Å². The standard InChI is InChI=1S/C16H26N2O3/c1-12-16(13(2)21-17-12)11-18(9-14-5-3-7-19-14)10-15-6-4-8-20-15/h14-15H,3-11H2,1-2H3/t14-,15-/m1/s1. The van der Waals surface area contributed by atoms with Crippen LogP contribution >= 0.6 is 0 Å². The molecule has 0 radical (unpaired) electrons. The van der Waals surface area contributed by atoms with Gasteiger partial charge in [-0.25, -0.2) is 0 Å². The average Bonchev–Trinajstić information content (AvgIpc) is 3.19.